The molecule has 0 aliphatic carbocycles. The molecular weight excluding hydrogens is 694 g/mol. The van der Waals surface area contributed by atoms with Gasteiger partial charge in [-0.25, -0.2) is 0 Å². The molecule has 2 aromatic carbocycles. The predicted octanol–water partition coefficient (Wildman–Crippen LogP) is -0.183. The highest BCUT2D eigenvalue weighted by molar-refractivity contribution is 5.95. The second-order valence-electron chi connectivity index (χ2n) is 14.5. The molecule has 54 heavy (non-hydrogen) atoms. The van der Waals surface area contributed by atoms with Gasteiger partial charge in [0.1, 0.15) is 23.7 Å². The first-order chi connectivity index (χ1) is 25.8. The fourth-order valence-electron chi connectivity index (χ4n) is 6.47. The van der Waals surface area contributed by atoms with Gasteiger partial charge >= 0.3 is 5.97 Å². The van der Waals surface area contributed by atoms with Gasteiger partial charge in [-0.3, -0.25) is 29.3 Å². The molecule has 5 atom stereocenters. The average molecular weight is 754 g/mol. The summed E-state index contributed by atoms with van der Waals surface area (Å²) in [6.07, 6.45) is 1.04. The lowest BCUT2D eigenvalue weighted by Crippen LogP contribution is -2.62. The molecule has 298 valence electrons. The monoisotopic (exact) mass is 753 g/mol. The third-order valence-electron chi connectivity index (χ3n) is 9.68. The smallest absolute Gasteiger partial charge is 0.324 e. The van der Waals surface area contributed by atoms with Crippen molar-refractivity contribution in [1.82, 2.24) is 26.2 Å². The zero-order valence-corrected chi connectivity index (χ0v) is 31.4. The number of carboxylic acids is 1. The molecule has 15 heteroatoms. The van der Waals surface area contributed by atoms with Crippen LogP contribution in [-0.4, -0.2) is 118 Å². The van der Waals surface area contributed by atoms with E-state index >= 15 is 0 Å². The van der Waals surface area contributed by atoms with Gasteiger partial charge in [0.15, 0.2) is 0 Å². The number of carbonyl (C=O) groups is 5. The second kappa shape index (κ2) is 22.1. The van der Waals surface area contributed by atoms with E-state index in [0.717, 1.165) is 11.1 Å². The number of nitrogens with zero attached hydrogens (tertiary/aromatic N) is 1. The van der Waals surface area contributed by atoms with Crippen molar-refractivity contribution in [2.45, 2.75) is 101 Å². The summed E-state index contributed by atoms with van der Waals surface area (Å²) in [6.45, 7) is 3.69. The second-order valence-corrected chi connectivity index (χ2v) is 14.5. The van der Waals surface area contributed by atoms with Crippen LogP contribution in [0, 0.1) is 5.92 Å². The summed E-state index contributed by atoms with van der Waals surface area (Å²) >= 11 is 0. The van der Waals surface area contributed by atoms with Crippen molar-refractivity contribution in [3.8, 4) is 0 Å². The van der Waals surface area contributed by atoms with Gasteiger partial charge in [-0.1, -0.05) is 74.5 Å². The molecule has 1 saturated heterocycles. The number of hydrogen-bond donors (Lipinski definition) is 9. The van der Waals surface area contributed by atoms with Gasteiger partial charge in [0, 0.05) is 26.1 Å². The summed E-state index contributed by atoms with van der Waals surface area (Å²) in [7, 11) is 0. The van der Waals surface area contributed by atoms with Crippen molar-refractivity contribution in [2.75, 3.05) is 32.8 Å². The van der Waals surface area contributed by atoms with Crippen LogP contribution in [0.15, 0.2) is 60.7 Å². The minimum absolute atomic E-state index is 0.0306. The Labute approximate surface area is 317 Å². The van der Waals surface area contributed by atoms with Crippen LogP contribution in [0.3, 0.4) is 0 Å². The Morgan fingerprint density at radius 3 is 1.87 bits per heavy atom. The summed E-state index contributed by atoms with van der Waals surface area (Å²) in [5.41, 5.74) is 12.2. The molecule has 1 unspecified atom stereocenters. The van der Waals surface area contributed by atoms with Crippen molar-refractivity contribution in [3.63, 3.8) is 0 Å². The van der Waals surface area contributed by atoms with E-state index in [1.165, 1.54) is 4.90 Å². The molecule has 15 nitrogen and oxygen atoms in total. The van der Waals surface area contributed by atoms with Crippen LogP contribution >= 0.6 is 0 Å². The van der Waals surface area contributed by atoms with Gasteiger partial charge in [0.25, 0.3) is 0 Å². The largest absolute Gasteiger partial charge is 0.480 e. The molecule has 1 fully saturated rings. The SMILES string of the molecule is CC(C)C[C@@H](NC(=O)[C@@H](Cc1ccccc1)NC(=O)[C@H](N)Cc1ccccc1)C(=O)N[C@H](CCCCN)C(=O)N1CCC(NCC(O)CO)(C(=O)O)CC1. The first-order valence-electron chi connectivity index (χ1n) is 18.8. The summed E-state index contributed by atoms with van der Waals surface area (Å²) in [4.78, 5) is 68.9. The lowest BCUT2D eigenvalue weighted by atomic mass is 9.86. The maximum atomic E-state index is 14.0. The summed E-state index contributed by atoms with van der Waals surface area (Å²) < 4.78 is 0. The fourth-order valence-corrected chi connectivity index (χ4v) is 6.47. The predicted molar refractivity (Wildman–Crippen MR) is 204 cm³/mol. The van der Waals surface area contributed by atoms with E-state index < -0.39 is 66.1 Å². The van der Waals surface area contributed by atoms with Gasteiger partial charge in [-0.15, -0.1) is 0 Å². The zero-order valence-electron chi connectivity index (χ0n) is 31.4. The molecule has 2 aromatic rings. The molecule has 0 saturated carbocycles. The highest BCUT2D eigenvalue weighted by Crippen LogP contribution is 2.24. The molecule has 1 aliphatic rings. The van der Waals surface area contributed by atoms with Crippen LogP contribution in [0.4, 0.5) is 0 Å². The minimum atomic E-state index is -1.39. The molecule has 4 amide bonds. The first-order valence-corrected chi connectivity index (χ1v) is 18.8. The molecule has 0 radical (unpaired) electrons. The molecule has 0 aromatic heterocycles. The molecule has 1 aliphatic heterocycles. The number of carbonyl (C=O) groups excluding carboxylic acids is 4. The van der Waals surface area contributed by atoms with Crippen LogP contribution in [0.5, 0.6) is 0 Å². The van der Waals surface area contributed by atoms with Crippen LogP contribution in [0.25, 0.3) is 0 Å². The van der Waals surface area contributed by atoms with Gasteiger partial charge in [-0.2, -0.15) is 0 Å². The summed E-state index contributed by atoms with van der Waals surface area (Å²) in [5.74, 6) is -3.20. The third-order valence-corrected chi connectivity index (χ3v) is 9.68. The highest BCUT2D eigenvalue weighted by atomic mass is 16.4. The third kappa shape index (κ3) is 13.8. The molecule has 3 rings (SSSR count). The number of benzene rings is 2. The number of rotatable bonds is 22. The molecule has 11 N–H and O–H groups in total. The van der Waals surface area contributed by atoms with Gasteiger partial charge in [-0.05, 0) is 68.5 Å². The molecule has 0 bridgehead atoms. The number of piperidine rings is 1. The molecule has 0 spiro atoms. The number of likely N-dealkylation sites (tertiary alicyclic amines) is 1. The maximum absolute atomic E-state index is 14.0. The highest BCUT2D eigenvalue weighted by Gasteiger charge is 2.43. The van der Waals surface area contributed by atoms with E-state index in [-0.39, 0.29) is 70.0 Å². The number of aliphatic hydroxyl groups is 2. The lowest BCUT2D eigenvalue weighted by molar-refractivity contribution is -0.150. The number of aliphatic hydroxyl groups excluding tert-OH is 2. The number of nitrogens with one attached hydrogen (secondary N) is 4. The summed E-state index contributed by atoms with van der Waals surface area (Å²) in [6, 6.07) is 14.5. The molecule has 1 heterocycles. The Bertz CT molecular complexity index is 1490. The van der Waals surface area contributed by atoms with Crippen LogP contribution in [0.2, 0.25) is 0 Å². The van der Waals surface area contributed by atoms with Gasteiger partial charge in [0.05, 0.1) is 18.8 Å². The molecular formula is C39H59N7O8. The van der Waals surface area contributed by atoms with Crippen molar-refractivity contribution >= 4 is 29.6 Å². The number of hydrogen-bond acceptors (Lipinski definition) is 10. The van der Waals surface area contributed by atoms with Crippen LogP contribution < -0.4 is 32.7 Å². The van der Waals surface area contributed by atoms with Crippen LogP contribution in [-0.2, 0) is 36.8 Å². The fraction of sp³-hybridized carbons (Fsp3) is 0.564. The number of aliphatic carboxylic acids is 1. The van der Waals surface area contributed by atoms with Gasteiger partial charge < -0.3 is 47.6 Å². The average Bonchev–Trinajstić information content (AvgIpc) is 3.16. The maximum Gasteiger partial charge on any atom is 0.324 e. The van der Waals surface area contributed by atoms with Crippen molar-refractivity contribution in [2.24, 2.45) is 17.4 Å². The number of unbranched alkanes of at least 4 members (excludes halogenated alkanes) is 1. The number of amides is 4. The number of β-amino-alcohol motifs (C(OH)–C–C–N with tert-alkyl or cyclic N) is 1. The minimum Gasteiger partial charge on any atom is -0.480 e. The van der Waals surface area contributed by atoms with E-state index in [0.29, 0.717) is 19.4 Å². The number of carboxylic acid groups (broad SMARTS) is 1. The van der Waals surface area contributed by atoms with Crippen molar-refractivity contribution < 1.29 is 39.3 Å². The van der Waals surface area contributed by atoms with E-state index in [1.54, 1.807) is 0 Å². The zero-order chi connectivity index (χ0) is 39.7. The van der Waals surface area contributed by atoms with Crippen LogP contribution in [0.1, 0.15) is 63.5 Å². The van der Waals surface area contributed by atoms with E-state index in [9.17, 15) is 34.2 Å². The Hall–Kier alpha value is -4.41. The standard InChI is InChI=1S/C39H59N7O8/c1-26(2)21-32(45-36(51)33(23-28-13-7-4-8-14-28)44-34(49)30(41)22-27-11-5-3-6-12-27)35(50)43-31(15-9-10-18-40)37(52)46-19-16-39(17-20-46,38(53)54)42-24-29(48)25-47/h3-8,11-14,26,29-33,42,47-48H,9-10,15-25,40-41H2,1-2H3,(H,43,50)(H,44,49)(H,45,51)(H,53,54)/t29?,30-,31-,32-,33-/m1/s1. The quantitative estimate of drug-likeness (QED) is 0.0714. The first kappa shape index (κ1) is 44.0. The lowest BCUT2D eigenvalue weighted by Gasteiger charge is -2.41. The van der Waals surface area contributed by atoms with E-state index in [1.807, 2.05) is 74.5 Å². The Kier molecular flexibility index (Phi) is 18.0. The topological polar surface area (TPSA) is 249 Å². The van der Waals surface area contributed by atoms with E-state index in [2.05, 4.69) is 21.3 Å². The normalized spacial score (nSPS) is 16.8. The van der Waals surface area contributed by atoms with Crippen molar-refractivity contribution in [3.05, 3.63) is 71.8 Å². The Morgan fingerprint density at radius 1 is 0.796 bits per heavy atom. The van der Waals surface area contributed by atoms with E-state index in [4.69, 9.17) is 16.6 Å². The van der Waals surface area contributed by atoms with Crippen molar-refractivity contribution in [1.29, 1.82) is 0 Å². The summed E-state index contributed by atoms with van der Waals surface area (Å²) in [5, 5.41) is 40.3. The Balaban J connectivity index is 1.77. The Morgan fingerprint density at radius 2 is 1.33 bits per heavy atom. The number of nitrogens with two attached hydrogens (primary N) is 2. The van der Waals surface area contributed by atoms with Gasteiger partial charge in [0.2, 0.25) is 23.6 Å².